The molecule has 0 spiro atoms. The molecule has 0 unspecified atom stereocenters. The van der Waals surface area contributed by atoms with E-state index in [1.165, 1.54) is 151 Å². The van der Waals surface area contributed by atoms with Gasteiger partial charge in [-0.25, -0.2) is 0 Å². The molecule has 0 aliphatic heterocycles. The molecular weight excluding hydrogens is 1250 g/mol. The Hall–Kier alpha value is -13.4. The largest absolute Gasteiger partial charge is 0.456 e. The molecule has 0 fully saturated rings. The number of rotatable bonds is 0. The Morgan fingerprint density at radius 1 is 0.137 bits per heavy atom. The normalized spacial score (nSPS) is 12.4. The van der Waals surface area contributed by atoms with E-state index in [9.17, 15) is 0 Å². The average molecular weight is 1300 g/mol. The van der Waals surface area contributed by atoms with Crippen molar-refractivity contribution >= 4 is 239 Å². The van der Waals surface area contributed by atoms with Crippen LogP contribution in [0.1, 0.15) is 11.1 Å². The summed E-state index contributed by atoms with van der Waals surface area (Å²) in [5.41, 5.74) is 13.3. The summed E-state index contributed by atoms with van der Waals surface area (Å²) in [5.74, 6) is 0. The van der Waals surface area contributed by atoms with Gasteiger partial charge in [0.15, 0.2) is 0 Å². The van der Waals surface area contributed by atoms with Gasteiger partial charge in [-0.2, -0.15) is 0 Å². The lowest BCUT2D eigenvalue weighted by Crippen LogP contribution is -1.91. The van der Waals surface area contributed by atoms with Gasteiger partial charge in [0.05, 0.1) is 0 Å². The second-order valence-corrected chi connectivity index (χ2v) is 27.7. The van der Waals surface area contributed by atoms with Crippen molar-refractivity contribution in [1.29, 1.82) is 0 Å². The molecule has 0 N–H and O–H groups in total. The number of aryl methyl sites for hydroxylation is 2. The Balaban J connectivity index is 0.0000000943. The molecule has 0 saturated heterocycles. The zero-order valence-electron chi connectivity index (χ0n) is 55.2. The summed E-state index contributed by atoms with van der Waals surface area (Å²) < 4.78 is 39.0. The third-order valence-corrected chi connectivity index (χ3v) is 21.9. The van der Waals surface area contributed by atoms with Crippen LogP contribution in [0.5, 0.6) is 0 Å². The van der Waals surface area contributed by atoms with Crippen LogP contribution < -0.4 is 0 Å². The third-order valence-electron chi connectivity index (χ3n) is 21.9. The van der Waals surface area contributed by atoms with Crippen LogP contribution in [0.15, 0.2) is 318 Å². The smallest absolute Gasteiger partial charge is 0.135 e. The van der Waals surface area contributed by atoms with Crippen molar-refractivity contribution < 1.29 is 26.5 Å². The van der Waals surface area contributed by atoms with E-state index < -0.39 is 0 Å². The van der Waals surface area contributed by atoms with Crippen molar-refractivity contribution in [3.63, 3.8) is 0 Å². The zero-order chi connectivity index (χ0) is 66.7. The van der Waals surface area contributed by atoms with Crippen LogP contribution in [-0.2, 0) is 0 Å². The second-order valence-electron chi connectivity index (χ2n) is 27.7. The Bertz CT molecular complexity index is 8020. The quantitative estimate of drug-likeness (QED) is 0.111. The topological polar surface area (TPSA) is 78.8 Å². The van der Waals surface area contributed by atoms with Crippen LogP contribution in [0, 0.1) is 13.8 Å². The molecule has 474 valence electrons. The number of para-hydroxylation sites is 1. The lowest BCUT2D eigenvalue weighted by molar-refractivity contribution is 0.661. The summed E-state index contributed by atoms with van der Waals surface area (Å²) in [6, 6.07) is 103. The van der Waals surface area contributed by atoms with Crippen LogP contribution in [-0.4, -0.2) is 0 Å². The average Bonchev–Trinajstić information content (AvgIpc) is 0.707. The summed E-state index contributed by atoms with van der Waals surface area (Å²) in [6.45, 7) is 4.27. The van der Waals surface area contributed by atoms with E-state index in [2.05, 4.69) is 299 Å². The molecule has 25 aromatic rings. The summed E-state index contributed by atoms with van der Waals surface area (Å²) >= 11 is 0. The maximum atomic E-state index is 6.62. The molecule has 0 aliphatic carbocycles. The van der Waals surface area contributed by atoms with Crippen LogP contribution in [0.3, 0.4) is 0 Å². The number of fused-ring (bicyclic) bond motifs is 23. The van der Waals surface area contributed by atoms with Gasteiger partial charge >= 0.3 is 0 Å². The van der Waals surface area contributed by atoms with Crippen molar-refractivity contribution in [1.82, 2.24) is 0 Å². The highest BCUT2D eigenvalue weighted by Crippen LogP contribution is 2.51. The molecule has 102 heavy (non-hydrogen) atoms. The monoisotopic (exact) mass is 1300 g/mol. The van der Waals surface area contributed by atoms with Crippen molar-refractivity contribution in [2.75, 3.05) is 0 Å². The van der Waals surface area contributed by atoms with Gasteiger partial charge in [0, 0.05) is 97.0 Å². The van der Waals surface area contributed by atoms with Gasteiger partial charge < -0.3 is 26.5 Å². The van der Waals surface area contributed by atoms with E-state index in [1.54, 1.807) is 0 Å². The molecule has 0 atom stereocenters. The van der Waals surface area contributed by atoms with Gasteiger partial charge in [0.25, 0.3) is 0 Å². The minimum absolute atomic E-state index is 0.896. The Kier molecular flexibility index (Phi) is 11.2. The molecule has 0 amide bonds. The molecule has 6 nitrogen and oxygen atoms in total. The Morgan fingerprint density at radius 3 is 0.873 bits per heavy atom. The molecule has 25 rings (SSSR count). The first kappa shape index (κ1) is 55.6. The molecule has 0 radical (unpaired) electrons. The molecule has 6 aromatic heterocycles. The highest BCUT2D eigenvalue weighted by atomic mass is 16.3. The van der Waals surface area contributed by atoms with Gasteiger partial charge in [0.1, 0.15) is 67.0 Å². The Labute approximate surface area is 578 Å². The predicted molar refractivity (Wildman–Crippen MR) is 428 cm³/mol. The minimum Gasteiger partial charge on any atom is -0.456 e. The first-order valence-electron chi connectivity index (χ1n) is 34.8. The maximum absolute atomic E-state index is 6.62. The van der Waals surface area contributed by atoms with Gasteiger partial charge in [-0.3, -0.25) is 0 Å². The lowest BCUT2D eigenvalue weighted by atomic mass is 9.89. The summed E-state index contributed by atoms with van der Waals surface area (Å²) in [6.07, 6.45) is 0. The van der Waals surface area contributed by atoms with E-state index in [0.717, 1.165) is 99.3 Å². The van der Waals surface area contributed by atoms with Crippen LogP contribution >= 0.6 is 0 Å². The first-order valence-corrected chi connectivity index (χ1v) is 34.8. The number of benzene rings is 19. The molecule has 19 aromatic carbocycles. The molecule has 6 heteroatoms. The maximum Gasteiger partial charge on any atom is 0.135 e. The van der Waals surface area contributed by atoms with E-state index in [4.69, 9.17) is 26.5 Å². The van der Waals surface area contributed by atoms with E-state index in [-0.39, 0.29) is 0 Å². The fourth-order valence-corrected chi connectivity index (χ4v) is 17.6. The number of hydrogen-bond donors (Lipinski definition) is 0. The summed E-state index contributed by atoms with van der Waals surface area (Å²) in [7, 11) is 0. The first-order chi connectivity index (χ1) is 50.4. The molecule has 0 saturated carbocycles. The van der Waals surface area contributed by atoms with E-state index in [1.807, 2.05) is 6.07 Å². The third kappa shape index (κ3) is 7.78. The van der Waals surface area contributed by atoms with Crippen LogP contribution in [0.25, 0.3) is 239 Å². The van der Waals surface area contributed by atoms with Gasteiger partial charge in [-0.15, -0.1) is 0 Å². The van der Waals surface area contributed by atoms with Crippen LogP contribution in [0.2, 0.25) is 0 Å². The SMILES string of the molecule is Cc1ccc2oc3cccc4c3c(c2c1)c1cccc2oc3cc5ccccc5cc3c4c21.Cc1ccc2oc3cccc4c3c(c2c1)c1cccc2oc3ccc5ccccc5c3c4c21.c1ccc2cc3cc4c(cc3cc2c1)oc1cccc2c1c4c1cccc3oc4ccccc4c2c31. The van der Waals surface area contributed by atoms with Crippen molar-refractivity contribution in [3.8, 4) is 0 Å². The van der Waals surface area contributed by atoms with Crippen molar-refractivity contribution in [3.05, 3.63) is 302 Å². The van der Waals surface area contributed by atoms with Gasteiger partial charge in [0.2, 0.25) is 0 Å². The van der Waals surface area contributed by atoms with E-state index >= 15 is 0 Å². The van der Waals surface area contributed by atoms with Crippen LogP contribution in [0.4, 0.5) is 0 Å². The molecule has 0 aliphatic rings. The van der Waals surface area contributed by atoms with E-state index in [0.29, 0.717) is 0 Å². The Morgan fingerprint density at radius 2 is 0.402 bits per heavy atom. The second kappa shape index (κ2) is 20.6. The highest BCUT2D eigenvalue weighted by Gasteiger charge is 2.25. The number of hydrogen-bond acceptors (Lipinski definition) is 6. The standard InChI is InChI=1S/C34H18O2.2C31H18O2/c1-2-8-20-16-22-18-30-26(17-21(22)15-19(20)7-1)32-25-11-6-13-28-33(25)31(23-9-3-4-12-27(23)35-28)24-10-5-14-29(36-30)34(24)32;1-17-12-13-24-22(14-17)28-20-8-5-11-26-31(20)29(21-9-4-10-25(32-24)30(21)28)23-15-18-6-2-3-7-19(18)16-27(23)33-26;1-17-12-14-23-22(16-17)27-20-8-4-11-25-30(20)31(21-9-5-10-24(32-23)29(21)27)28-19-7-3-2-6-18(19)13-15-26(28)33-25/h1-18H;2*2-16H,1H3. The van der Waals surface area contributed by atoms with Crippen molar-refractivity contribution in [2.45, 2.75) is 13.8 Å². The lowest BCUT2D eigenvalue weighted by Gasteiger charge is -2.17. The van der Waals surface area contributed by atoms with Gasteiger partial charge in [-0.05, 0) is 198 Å². The molecule has 6 heterocycles. The van der Waals surface area contributed by atoms with Crippen molar-refractivity contribution in [2.24, 2.45) is 0 Å². The highest BCUT2D eigenvalue weighted by molar-refractivity contribution is 6.44. The fourth-order valence-electron chi connectivity index (χ4n) is 17.6. The summed E-state index contributed by atoms with van der Waals surface area (Å²) in [5, 5.41) is 38.2. The minimum atomic E-state index is 0.896. The van der Waals surface area contributed by atoms with Gasteiger partial charge in [-0.1, -0.05) is 193 Å². The molecular formula is C96H54O6. The molecule has 0 bridgehead atoms. The predicted octanol–water partition coefficient (Wildman–Crippen LogP) is 28.6. The summed E-state index contributed by atoms with van der Waals surface area (Å²) in [4.78, 5) is 0. The zero-order valence-corrected chi connectivity index (χ0v) is 55.2. The fraction of sp³-hybridized carbons (Fsp3) is 0.0208.